The Hall–Kier alpha value is -2.04. The van der Waals surface area contributed by atoms with Crippen molar-refractivity contribution >= 4 is 40.7 Å². The van der Waals surface area contributed by atoms with Gasteiger partial charge < -0.3 is 10.2 Å². The quantitative estimate of drug-likeness (QED) is 0.888. The Kier molecular flexibility index (Phi) is 5.07. The van der Waals surface area contributed by atoms with E-state index in [2.05, 4.69) is 5.32 Å². The number of nitrogens with one attached hydrogen (secondary N) is 1. The van der Waals surface area contributed by atoms with Crippen LogP contribution >= 0.6 is 23.2 Å². The van der Waals surface area contributed by atoms with E-state index in [1.54, 1.807) is 23.1 Å². The molecule has 0 radical (unpaired) electrons. The first-order valence-corrected chi connectivity index (χ1v) is 8.39. The topological polar surface area (TPSA) is 49.4 Å². The molecule has 2 aromatic carbocycles. The van der Waals surface area contributed by atoms with Gasteiger partial charge in [0.1, 0.15) is 6.04 Å². The summed E-state index contributed by atoms with van der Waals surface area (Å²) >= 11 is 12.0. The molecule has 124 valence electrons. The van der Waals surface area contributed by atoms with Crippen molar-refractivity contribution in [3.05, 3.63) is 64.1 Å². The summed E-state index contributed by atoms with van der Waals surface area (Å²) in [7, 11) is 0. The van der Waals surface area contributed by atoms with E-state index < -0.39 is 6.04 Å². The Morgan fingerprint density at radius 2 is 1.92 bits per heavy atom. The first-order chi connectivity index (χ1) is 11.5. The van der Waals surface area contributed by atoms with Gasteiger partial charge in [-0.3, -0.25) is 9.59 Å². The molecule has 0 saturated carbocycles. The van der Waals surface area contributed by atoms with E-state index in [9.17, 15) is 9.59 Å². The summed E-state index contributed by atoms with van der Waals surface area (Å²) in [5, 5.41) is 3.66. The van der Waals surface area contributed by atoms with Crippen LogP contribution in [0.1, 0.15) is 18.4 Å². The second-order valence-corrected chi connectivity index (χ2v) is 6.52. The first-order valence-electron chi connectivity index (χ1n) is 7.64. The zero-order valence-corrected chi connectivity index (χ0v) is 14.3. The molecule has 2 aromatic rings. The maximum absolute atomic E-state index is 12.6. The van der Waals surface area contributed by atoms with E-state index in [1.165, 1.54) is 0 Å². The maximum atomic E-state index is 12.6. The highest BCUT2D eigenvalue weighted by molar-refractivity contribution is 6.36. The molecule has 1 fully saturated rings. The minimum absolute atomic E-state index is 0.0128. The third-order valence-corrected chi connectivity index (χ3v) is 4.56. The highest BCUT2D eigenvalue weighted by Gasteiger charge is 2.36. The van der Waals surface area contributed by atoms with Crippen LogP contribution in [-0.2, 0) is 16.1 Å². The molecule has 2 amide bonds. The number of likely N-dealkylation sites (tertiary alicyclic amines) is 1. The molecule has 6 heteroatoms. The lowest BCUT2D eigenvalue weighted by atomic mass is 10.1. The summed E-state index contributed by atoms with van der Waals surface area (Å²) in [6.45, 7) is 0.423. The predicted molar refractivity (Wildman–Crippen MR) is 95.1 cm³/mol. The van der Waals surface area contributed by atoms with Gasteiger partial charge in [0, 0.05) is 18.0 Å². The van der Waals surface area contributed by atoms with E-state index >= 15 is 0 Å². The molecule has 1 heterocycles. The first kappa shape index (κ1) is 16.8. The summed E-state index contributed by atoms with van der Waals surface area (Å²) in [6.07, 6.45) is 0.877. The van der Waals surface area contributed by atoms with Crippen LogP contribution in [0.4, 0.5) is 5.69 Å². The van der Waals surface area contributed by atoms with E-state index in [1.807, 2.05) is 30.3 Å². The summed E-state index contributed by atoms with van der Waals surface area (Å²) in [5.74, 6) is -0.248. The molecule has 1 atom stereocenters. The zero-order valence-electron chi connectivity index (χ0n) is 12.8. The Balaban J connectivity index is 1.74. The van der Waals surface area contributed by atoms with Crippen molar-refractivity contribution in [2.24, 2.45) is 0 Å². The third kappa shape index (κ3) is 3.71. The van der Waals surface area contributed by atoms with Crippen molar-refractivity contribution in [2.75, 3.05) is 5.32 Å². The molecule has 3 rings (SSSR count). The van der Waals surface area contributed by atoms with Gasteiger partial charge in [-0.25, -0.2) is 0 Å². The van der Waals surface area contributed by atoms with Crippen molar-refractivity contribution in [1.82, 2.24) is 4.90 Å². The number of carbonyl (C=O) groups is 2. The van der Waals surface area contributed by atoms with Gasteiger partial charge in [0.05, 0.1) is 10.7 Å². The van der Waals surface area contributed by atoms with Crippen LogP contribution in [0.15, 0.2) is 48.5 Å². The van der Waals surface area contributed by atoms with Crippen molar-refractivity contribution in [1.29, 1.82) is 0 Å². The molecule has 4 nitrogen and oxygen atoms in total. The molecule has 1 unspecified atom stereocenters. The van der Waals surface area contributed by atoms with Crippen LogP contribution in [0, 0.1) is 0 Å². The average molecular weight is 363 g/mol. The Morgan fingerprint density at radius 3 is 2.62 bits per heavy atom. The fourth-order valence-corrected chi connectivity index (χ4v) is 3.25. The van der Waals surface area contributed by atoms with Crippen LogP contribution in [-0.4, -0.2) is 22.8 Å². The molecule has 0 aliphatic carbocycles. The lowest BCUT2D eigenvalue weighted by molar-refractivity contribution is -0.133. The molecule has 1 saturated heterocycles. The molecule has 0 aromatic heterocycles. The molecule has 1 N–H and O–H groups in total. The van der Waals surface area contributed by atoms with Crippen LogP contribution in [0.5, 0.6) is 0 Å². The number of amides is 2. The fourth-order valence-electron chi connectivity index (χ4n) is 2.79. The van der Waals surface area contributed by atoms with Gasteiger partial charge in [0.2, 0.25) is 11.8 Å². The van der Waals surface area contributed by atoms with E-state index in [0.717, 1.165) is 5.56 Å². The lowest BCUT2D eigenvalue weighted by Gasteiger charge is -2.24. The number of benzene rings is 2. The number of carbonyl (C=O) groups excluding carboxylic acids is 2. The van der Waals surface area contributed by atoms with Gasteiger partial charge in [0.15, 0.2) is 0 Å². The summed E-state index contributed by atoms with van der Waals surface area (Å²) in [5.41, 5.74) is 1.49. The summed E-state index contributed by atoms with van der Waals surface area (Å²) in [6, 6.07) is 14.0. The van der Waals surface area contributed by atoms with E-state index in [-0.39, 0.29) is 11.8 Å². The van der Waals surface area contributed by atoms with Crippen LogP contribution < -0.4 is 5.32 Å². The second-order valence-electron chi connectivity index (χ2n) is 5.68. The number of rotatable bonds is 4. The molecule has 24 heavy (non-hydrogen) atoms. The van der Waals surface area contributed by atoms with Crippen molar-refractivity contribution < 1.29 is 9.59 Å². The lowest BCUT2D eigenvalue weighted by Crippen LogP contribution is -2.41. The average Bonchev–Trinajstić information content (AvgIpc) is 2.92. The van der Waals surface area contributed by atoms with Gasteiger partial charge in [0.25, 0.3) is 0 Å². The minimum atomic E-state index is -0.496. The van der Waals surface area contributed by atoms with Gasteiger partial charge in [-0.1, -0.05) is 53.5 Å². The van der Waals surface area contributed by atoms with Crippen molar-refractivity contribution in [3.63, 3.8) is 0 Å². The molecular formula is C18H16Cl2N2O2. The van der Waals surface area contributed by atoms with Gasteiger partial charge in [-0.2, -0.15) is 0 Å². The van der Waals surface area contributed by atoms with Gasteiger partial charge in [-0.05, 0) is 30.2 Å². The largest absolute Gasteiger partial charge is 0.326 e. The van der Waals surface area contributed by atoms with Crippen LogP contribution in [0.25, 0.3) is 0 Å². The number of hydrogen-bond donors (Lipinski definition) is 1. The van der Waals surface area contributed by atoms with E-state index in [0.29, 0.717) is 35.1 Å². The van der Waals surface area contributed by atoms with Crippen molar-refractivity contribution in [3.8, 4) is 0 Å². The van der Waals surface area contributed by atoms with Gasteiger partial charge in [-0.15, -0.1) is 0 Å². The monoisotopic (exact) mass is 362 g/mol. The number of nitrogens with zero attached hydrogens (tertiary/aromatic N) is 1. The van der Waals surface area contributed by atoms with E-state index in [4.69, 9.17) is 23.2 Å². The molecule has 0 bridgehead atoms. The Bertz CT molecular complexity index is 765. The molecular weight excluding hydrogens is 347 g/mol. The normalized spacial score (nSPS) is 17.2. The smallest absolute Gasteiger partial charge is 0.247 e. The highest BCUT2D eigenvalue weighted by Crippen LogP contribution is 2.27. The molecule has 1 aliphatic heterocycles. The predicted octanol–water partition coefficient (Wildman–Crippen LogP) is 4.12. The SMILES string of the molecule is O=C(Nc1ccc(Cl)cc1Cl)C1CCC(=O)N1Cc1ccccc1. The van der Waals surface area contributed by atoms with Crippen LogP contribution in [0.3, 0.4) is 0 Å². The standard InChI is InChI=1S/C18H16Cl2N2O2/c19-13-6-7-15(14(20)10-13)21-18(24)16-8-9-17(23)22(16)11-12-4-2-1-3-5-12/h1-7,10,16H,8-9,11H2,(H,21,24). The molecule has 0 spiro atoms. The number of anilines is 1. The maximum Gasteiger partial charge on any atom is 0.247 e. The second kappa shape index (κ2) is 7.24. The Morgan fingerprint density at radius 1 is 1.17 bits per heavy atom. The number of halogens is 2. The summed E-state index contributed by atoms with van der Waals surface area (Å²) in [4.78, 5) is 26.4. The van der Waals surface area contributed by atoms with Crippen LogP contribution in [0.2, 0.25) is 10.0 Å². The van der Waals surface area contributed by atoms with Crippen molar-refractivity contribution in [2.45, 2.75) is 25.4 Å². The summed E-state index contributed by atoms with van der Waals surface area (Å²) < 4.78 is 0. The number of hydrogen-bond acceptors (Lipinski definition) is 2. The highest BCUT2D eigenvalue weighted by atomic mass is 35.5. The third-order valence-electron chi connectivity index (χ3n) is 4.02. The zero-order chi connectivity index (χ0) is 17.1. The van der Waals surface area contributed by atoms with Gasteiger partial charge >= 0.3 is 0 Å². The molecule has 1 aliphatic rings. The fraction of sp³-hybridized carbons (Fsp3) is 0.222. The minimum Gasteiger partial charge on any atom is -0.326 e. The Labute approximate surface area is 150 Å².